The van der Waals surface area contributed by atoms with Crippen molar-refractivity contribution in [2.75, 3.05) is 75.5 Å². The maximum atomic E-state index is 5.98. The molecule has 0 bridgehead atoms. The second kappa shape index (κ2) is 25.0. The average Bonchev–Trinajstić information content (AvgIpc) is 4.13. The van der Waals surface area contributed by atoms with Gasteiger partial charge >= 0.3 is 0 Å². The number of nitrogens with one attached hydrogen (secondary N) is 2. The molecule has 6 heterocycles. The first-order chi connectivity index (χ1) is 28.7. The summed E-state index contributed by atoms with van der Waals surface area (Å²) in [5, 5.41) is 6.95. The first kappa shape index (κ1) is 44.6. The van der Waals surface area contributed by atoms with E-state index in [1.165, 1.54) is 73.9 Å². The molecule has 0 radical (unpaired) electrons. The van der Waals surface area contributed by atoms with E-state index in [1.807, 2.05) is 36.9 Å². The minimum atomic E-state index is 0. The van der Waals surface area contributed by atoms with Gasteiger partial charge in [0.15, 0.2) is 0 Å². The van der Waals surface area contributed by atoms with Crippen molar-refractivity contribution >= 4 is 23.8 Å². The SMILES string of the molecule is Cl.c1ccc(COCCC[C@H]2CCN(c3cncc(OC[C@@H]4CCCN4)c3)C2)cc1.c1ccc(COCCC[C@H]2CCN(c3cncc(OC[C@@H]4CCCN4)c3)C2)cc1. The van der Waals surface area contributed by atoms with Gasteiger partial charge in [-0.1, -0.05) is 60.7 Å². The molecular weight excluding hydrogens is 760 g/mol. The topological polar surface area (TPSA) is 93.2 Å². The largest absolute Gasteiger partial charge is 0.490 e. The molecule has 0 spiro atoms. The summed E-state index contributed by atoms with van der Waals surface area (Å²) >= 11 is 0. The van der Waals surface area contributed by atoms with Crippen molar-refractivity contribution in [3.05, 3.63) is 109 Å². The van der Waals surface area contributed by atoms with E-state index in [9.17, 15) is 0 Å². The van der Waals surface area contributed by atoms with Gasteiger partial charge in [-0.15, -0.1) is 12.4 Å². The Hall–Kier alpha value is -3.93. The van der Waals surface area contributed by atoms with Gasteiger partial charge in [-0.2, -0.15) is 0 Å². The Balaban J connectivity index is 0.000000195. The van der Waals surface area contributed by atoms with Crippen LogP contribution >= 0.6 is 12.4 Å². The zero-order valence-electron chi connectivity index (χ0n) is 34.9. The molecule has 2 aromatic heterocycles. The minimum absolute atomic E-state index is 0. The second-order valence-corrected chi connectivity index (χ2v) is 16.5. The number of pyridine rings is 2. The molecule has 59 heavy (non-hydrogen) atoms. The second-order valence-electron chi connectivity index (χ2n) is 16.5. The third-order valence-corrected chi connectivity index (χ3v) is 12.0. The number of halogens is 1. The molecule has 4 saturated heterocycles. The molecule has 320 valence electrons. The highest BCUT2D eigenvalue weighted by Gasteiger charge is 2.24. The van der Waals surface area contributed by atoms with Gasteiger partial charge < -0.3 is 39.4 Å². The van der Waals surface area contributed by atoms with E-state index in [2.05, 4.69) is 91.1 Å². The van der Waals surface area contributed by atoms with Crippen LogP contribution in [0.2, 0.25) is 0 Å². The Kier molecular flexibility index (Phi) is 18.9. The molecule has 0 aliphatic carbocycles. The summed E-state index contributed by atoms with van der Waals surface area (Å²) in [5.74, 6) is 3.24. The summed E-state index contributed by atoms with van der Waals surface area (Å²) < 4.78 is 23.6. The van der Waals surface area contributed by atoms with Crippen molar-refractivity contribution in [2.45, 2.75) is 89.5 Å². The van der Waals surface area contributed by atoms with Crippen LogP contribution in [0.15, 0.2) is 97.6 Å². The van der Waals surface area contributed by atoms with E-state index >= 15 is 0 Å². The Morgan fingerprint density at radius 3 is 1.46 bits per heavy atom. The molecule has 0 saturated carbocycles. The van der Waals surface area contributed by atoms with Crippen LogP contribution in [-0.2, 0) is 22.7 Å². The Labute approximate surface area is 359 Å². The summed E-state index contributed by atoms with van der Waals surface area (Å²) in [4.78, 5) is 13.7. The van der Waals surface area contributed by atoms with Gasteiger partial charge in [-0.25, -0.2) is 0 Å². The van der Waals surface area contributed by atoms with Gasteiger partial charge in [-0.05, 0) is 100 Å². The molecule has 4 atom stereocenters. The molecule has 4 aliphatic heterocycles. The van der Waals surface area contributed by atoms with Gasteiger partial charge in [0.05, 0.1) is 49.4 Å². The molecular formula is C48H67ClN6O4. The van der Waals surface area contributed by atoms with E-state index in [4.69, 9.17) is 18.9 Å². The van der Waals surface area contributed by atoms with E-state index in [0.717, 1.165) is 102 Å². The zero-order chi connectivity index (χ0) is 39.5. The third-order valence-electron chi connectivity index (χ3n) is 12.0. The predicted molar refractivity (Wildman–Crippen MR) is 240 cm³/mol. The molecule has 4 aromatic rings. The van der Waals surface area contributed by atoms with Crippen molar-refractivity contribution in [1.82, 2.24) is 20.6 Å². The first-order valence-corrected chi connectivity index (χ1v) is 22.1. The summed E-state index contributed by atoms with van der Waals surface area (Å²) in [5.41, 5.74) is 4.87. The van der Waals surface area contributed by atoms with Crippen molar-refractivity contribution in [3.8, 4) is 11.5 Å². The summed E-state index contributed by atoms with van der Waals surface area (Å²) in [6, 6.07) is 26.1. The number of anilines is 2. The van der Waals surface area contributed by atoms with E-state index in [0.29, 0.717) is 25.3 Å². The number of benzene rings is 2. The highest BCUT2D eigenvalue weighted by molar-refractivity contribution is 5.85. The van der Waals surface area contributed by atoms with Gasteiger partial charge in [0.25, 0.3) is 0 Å². The normalized spacial score (nSPS) is 21.2. The van der Waals surface area contributed by atoms with Crippen molar-refractivity contribution in [1.29, 1.82) is 0 Å². The third kappa shape index (κ3) is 15.2. The Bertz CT molecular complexity index is 1600. The standard InChI is InChI=1S/2C24H33N3O2.ClH/c2*1-2-6-21(7-3-1)18-28-13-5-8-20-10-12-27(17-20)23-14-24(16-25-15-23)29-19-22-9-4-11-26-22;/h2*1-3,6-7,14-16,20,22,26H,4-5,8-13,17-19H2;1H/t2*20-,22-;/m00./s1. The number of hydrogen-bond acceptors (Lipinski definition) is 10. The monoisotopic (exact) mass is 826 g/mol. The number of rotatable bonds is 20. The van der Waals surface area contributed by atoms with Crippen LogP contribution in [0, 0.1) is 11.8 Å². The lowest BCUT2D eigenvalue weighted by Gasteiger charge is -2.19. The smallest absolute Gasteiger partial charge is 0.139 e. The van der Waals surface area contributed by atoms with E-state index in [-0.39, 0.29) is 12.4 Å². The van der Waals surface area contributed by atoms with Crippen molar-refractivity contribution < 1.29 is 18.9 Å². The molecule has 2 aromatic carbocycles. The van der Waals surface area contributed by atoms with Crippen LogP contribution in [0.4, 0.5) is 11.4 Å². The molecule has 4 aliphatic rings. The maximum Gasteiger partial charge on any atom is 0.139 e. The van der Waals surface area contributed by atoms with Crippen LogP contribution in [-0.4, -0.2) is 87.7 Å². The fraction of sp³-hybridized carbons (Fsp3) is 0.542. The summed E-state index contributed by atoms with van der Waals surface area (Å²) in [6.45, 7) is 11.2. The molecule has 0 unspecified atom stereocenters. The minimum Gasteiger partial charge on any atom is -0.490 e. The van der Waals surface area contributed by atoms with Gasteiger partial charge in [-0.3, -0.25) is 9.97 Å². The van der Waals surface area contributed by atoms with Crippen molar-refractivity contribution in [2.24, 2.45) is 11.8 Å². The quantitative estimate of drug-likeness (QED) is 0.0846. The average molecular weight is 828 g/mol. The van der Waals surface area contributed by atoms with Crippen LogP contribution in [0.3, 0.4) is 0 Å². The lowest BCUT2D eigenvalue weighted by molar-refractivity contribution is 0.114. The van der Waals surface area contributed by atoms with Crippen LogP contribution in [0.25, 0.3) is 0 Å². The van der Waals surface area contributed by atoms with E-state index < -0.39 is 0 Å². The first-order valence-electron chi connectivity index (χ1n) is 22.1. The summed E-state index contributed by atoms with van der Waals surface area (Å²) in [7, 11) is 0. The molecule has 11 heteroatoms. The fourth-order valence-corrected chi connectivity index (χ4v) is 8.59. The lowest BCUT2D eigenvalue weighted by atomic mass is 10.0. The molecule has 2 N–H and O–H groups in total. The molecule has 8 rings (SSSR count). The fourth-order valence-electron chi connectivity index (χ4n) is 8.59. The Morgan fingerprint density at radius 2 is 1.03 bits per heavy atom. The highest BCUT2D eigenvalue weighted by Crippen LogP contribution is 2.30. The van der Waals surface area contributed by atoms with Gasteiger partial charge in [0.2, 0.25) is 0 Å². The van der Waals surface area contributed by atoms with Gasteiger partial charge in [0, 0.05) is 63.6 Å². The summed E-state index contributed by atoms with van der Waals surface area (Å²) in [6.07, 6.45) is 19.7. The zero-order valence-corrected chi connectivity index (χ0v) is 35.7. The number of aromatic nitrogens is 2. The Morgan fingerprint density at radius 1 is 0.576 bits per heavy atom. The molecule has 0 amide bonds. The predicted octanol–water partition coefficient (Wildman–Crippen LogP) is 8.49. The number of nitrogens with zero attached hydrogens (tertiary/aromatic N) is 4. The molecule has 4 fully saturated rings. The van der Waals surface area contributed by atoms with E-state index in [1.54, 1.807) is 0 Å². The van der Waals surface area contributed by atoms with Crippen LogP contribution in [0.5, 0.6) is 11.5 Å². The van der Waals surface area contributed by atoms with Crippen LogP contribution in [0.1, 0.15) is 75.3 Å². The van der Waals surface area contributed by atoms with Crippen molar-refractivity contribution in [3.63, 3.8) is 0 Å². The molecule has 10 nitrogen and oxygen atoms in total. The number of ether oxygens (including phenoxy) is 4. The highest BCUT2D eigenvalue weighted by atomic mass is 35.5. The number of hydrogen-bond donors (Lipinski definition) is 2. The lowest BCUT2D eigenvalue weighted by Crippen LogP contribution is -2.28. The van der Waals surface area contributed by atoms with Crippen LogP contribution < -0.4 is 29.9 Å². The van der Waals surface area contributed by atoms with Gasteiger partial charge in [0.1, 0.15) is 24.7 Å². The maximum absolute atomic E-state index is 5.98.